The second kappa shape index (κ2) is 34.1. The van der Waals surface area contributed by atoms with E-state index < -0.39 is 45.7 Å². The monoisotopic (exact) mass is 1210 g/mol. The van der Waals surface area contributed by atoms with Gasteiger partial charge in [0.2, 0.25) is 19.3 Å². The molecule has 0 radical (unpaired) electrons. The van der Waals surface area contributed by atoms with Crippen molar-refractivity contribution < 1.29 is 42.6 Å². The summed E-state index contributed by atoms with van der Waals surface area (Å²) in [5.74, 6) is 0.473. The summed E-state index contributed by atoms with van der Waals surface area (Å²) in [6, 6.07) is 0. The zero-order valence-electron chi connectivity index (χ0n) is 48.1. The van der Waals surface area contributed by atoms with Gasteiger partial charge < -0.3 is 64.4 Å². The molecule has 0 fully saturated rings. The lowest BCUT2D eigenvalue weighted by Crippen LogP contribution is -2.24. The van der Waals surface area contributed by atoms with Crippen molar-refractivity contribution in [1.29, 1.82) is 0 Å². The Balaban J connectivity index is 0.000000348. The first-order valence-electron chi connectivity index (χ1n) is 28.4. The number of H-pyrrole nitrogens is 3. The average Bonchev–Trinajstić information content (AvgIpc) is 4.26. The molecule has 0 spiro atoms. The fourth-order valence-electron chi connectivity index (χ4n) is 8.85. The first-order valence-corrected chi connectivity index (χ1v) is 34.1. The lowest BCUT2D eigenvalue weighted by Gasteiger charge is -2.18. The molecule has 0 bridgehead atoms. The van der Waals surface area contributed by atoms with Gasteiger partial charge >= 0.3 is 0 Å². The van der Waals surface area contributed by atoms with Crippen molar-refractivity contribution in [2.75, 3.05) is 62.9 Å². The molecule has 82 heavy (non-hydrogen) atoms. The van der Waals surface area contributed by atoms with Gasteiger partial charge in [-0.15, -0.1) is 0 Å². The number of aromatic nitrogens is 12. The molecular formula is C50H88N17O12P3. The van der Waals surface area contributed by atoms with Crippen molar-refractivity contribution in [2.45, 2.75) is 175 Å². The van der Waals surface area contributed by atoms with Gasteiger partial charge in [0, 0.05) is 19.3 Å². The number of unbranched alkanes of at least 4 members (excludes halogenated alkanes) is 13. The van der Waals surface area contributed by atoms with Crippen LogP contribution in [-0.4, -0.2) is 143 Å². The van der Waals surface area contributed by atoms with Crippen LogP contribution in [0.4, 0.5) is 11.9 Å². The third kappa shape index (κ3) is 23.9. The third-order valence-corrected chi connectivity index (χ3v) is 17.2. The summed E-state index contributed by atoms with van der Waals surface area (Å²) in [5, 5.41) is 8.79. The van der Waals surface area contributed by atoms with Gasteiger partial charge in [0.05, 0.1) is 56.9 Å². The van der Waals surface area contributed by atoms with E-state index in [4.69, 9.17) is 25.7 Å². The van der Waals surface area contributed by atoms with Gasteiger partial charge in [0.25, 0.3) is 31.7 Å². The van der Waals surface area contributed by atoms with Crippen LogP contribution in [-0.2, 0) is 47.5 Å². The minimum atomic E-state index is -3.67. The molecule has 0 aromatic carbocycles. The summed E-state index contributed by atoms with van der Waals surface area (Å²) in [6.07, 6.45) is 19.6. The first-order chi connectivity index (χ1) is 39.0. The molecule has 6 unspecified atom stereocenters. The van der Waals surface area contributed by atoms with E-state index in [-0.39, 0.29) is 65.3 Å². The Morgan fingerprint density at radius 2 is 0.890 bits per heavy atom. The molecule has 6 rings (SSSR count). The van der Waals surface area contributed by atoms with E-state index >= 15 is 0 Å². The molecule has 29 nitrogen and oxygen atoms in total. The van der Waals surface area contributed by atoms with Gasteiger partial charge in [-0.1, -0.05) is 84.0 Å². The number of nitrogen functional groups attached to an aromatic ring is 2. The highest BCUT2D eigenvalue weighted by Crippen LogP contribution is 2.42. The highest BCUT2D eigenvalue weighted by Gasteiger charge is 2.23. The molecule has 0 amide bonds. The minimum Gasteiger partial charge on any atom is -0.369 e. The fourth-order valence-corrected chi connectivity index (χ4v) is 12.3. The van der Waals surface area contributed by atoms with Gasteiger partial charge in [-0.25, -0.2) is 30.1 Å². The van der Waals surface area contributed by atoms with Gasteiger partial charge in [-0.05, 0) is 66.5 Å². The zero-order valence-corrected chi connectivity index (χ0v) is 50.8. The predicted octanol–water partition coefficient (Wildman–Crippen LogP) is 5.60. The van der Waals surface area contributed by atoms with Gasteiger partial charge in [-0.3, -0.25) is 38.0 Å². The lowest BCUT2D eigenvalue weighted by atomic mass is 10.1. The number of imidazole rings is 3. The van der Waals surface area contributed by atoms with Crippen LogP contribution in [0.3, 0.4) is 0 Å². The molecule has 0 aliphatic heterocycles. The Morgan fingerprint density at radius 1 is 0.524 bits per heavy atom. The van der Waals surface area contributed by atoms with Crippen molar-refractivity contribution in [1.82, 2.24) is 74.0 Å². The molecule has 32 heteroatoms. The van der Waals surface area contributed by atoms with Crippen LogP contribution in [0.5, 0.6) is 0 Å². The largest absolute Gasteiger partial charge is 0.369 e. The van der Waals surface area contributed by atoms with Gasteiger partial charge in [0.1, 0.15) is 24.9 Å². The zero-order chi connectivity index (χ0) is 59.7. The molecule has 6 aromatic rings. The maximum Gasteiger partial charge on any atom is 0.292 e. The molecular weight excluding hydrogens is 1120 g/mol. The summed E-state index contributed by atoms with van der Waals surface area (Å²) in [4.78, 5) is 98.6. The van der Waals surface area contributed by atoms with Crippen LogP contribution in [0.2, 0.25) is 0 Å². The number of ether oxygens (including phenoxy) is 3. The van der Waals surface area contributed by atoms with Crippen LogP contribution in [0.1, 0.15) is 136 Å². The highest BCUT2D eigenvalue weighted by atomic mass is 31.2. The Labute approximate surface area is 476 Å². The minimum absolute atomic E-state index is 0.00726. The van der Waals surface area contributed by atoms with Crippen LogP contribution in [0.15, 0.2) is 33.4 Å². The highest BCUT2D eigenvalue weighted by molar-refractivity contribution is 7.57. The normalized spacial score (nSPS) is 15.3. The van der Waals surface area contributed by atoms with E-state index in [9.17, 15) is 42.8 Å². The average molecular weight is 1210 g/mol. The summed E-state index contributed by atoms with van der Waals surface area (Å²) in [5.41, 5.74) is 11.8. The number of aryl methyl sites for hydroxylation is 1. The number of nitrogens with two attached hydrogens (primary N) is 2. The van der Waals surface area contributed by atoms with E-state index in [2.05, 4.69) is 67.3 Å². The number of nitrogens with one attached hydrogen (secondary N) is 6. The van der Waals surface area contributed by atoms with E-state index in [1.54, 1.807) is 41.4 Å². The standard InChI is InChI=1S/C31H53N11O8P2.C19H35N6O4P/c1-22(16-42-19-35-26-28(42)39-31(32)40-30(26)44)49-20-51(45,46)15-10-8-6-4-5-7-9-12-33-13-11-14-36-52(47,48)21-50-23(2)17-41-18-34-25-27(41)37-24(3)38-29(25)43;1-3-4-5-6-7-8-9-10-11-22-30(27,28)14-29-15(2)12-25-13-21-16-17(25)23-19(20)24-18(16)26/h18-19,22-23,33H,4-17,20-21H2,1-3H3,(H,45,46)(H2,36,47,48)(H,37,38,43)(H3,32,39,40,44);13,15H,3-12,14H2,1-2H3,(H2,22,27,28)(H3,20,23,24,26). The quantitative estimate of drug-likeness (QED) is 0.0165. The third-order valence-electron chi connectivity index (χ3n) is 13.2. The topological polar surface area (TPSA) is 418 Å². The molecule has 0 saturated heterocycles. The van der Waals surface area contributed by atoms with E-state index in [0.717, 1.165) is 70.9 Å². The van der Waals surface area contributed by atoms with Crippen molar-refractivity contribution in [3.05, 3.63) is 55.9 Å². The molecule has 6 heterocycles. The van der Waals surface area contributed by atoms with Crippen LogP contribution < -0.4 is 43.6 Å². The maximum absolute atomic E-state index is 12.6. The number of aromatic amines is 3. The van der Waals surface area contributed by atoms with Crippen molar-refractivity contribution >= 4 is 67.8 Å². The second-order valence-corrected chi connectivity index (χ2v) is 27.3. The number of hydrogen-bond acceptors (Lipinski definition) is 18. The summed E-state index contributed by atoms with van der Waals surface area (Å²) >= 11 is 0. The molecule has 460 valence electrons. The smallest absolute Gasteiger partial charge is 0.292 e. The molecule has 6 atom stereocenters. The van der Waals surface area contributed by atoms with Crippen LogP contribution in [0.25, 0.3) is 33.5 Å². The summed E-state index contributed by atoms with van der Waals surface area (Å²) in [6.45, 7) is 12.7. The lowest BCUT2D eigenvalue weighted by molar-refractivity contribution is 0.0816. The van der Waals surface area contributed by atoms with Gasteiger partial charge in [-0.2, -0.15) is 9.97 Å². The van der Waals surface area contributed by atoms with Crippen molar-refractivity contribution in [3.8, 4) is 0 Å². The molecule has 0 aliphatic carbocycles. The Bertz CT molecular complexity index is 3080. The Morgan fingerprint density at radius 3 is 1.35 bits per heavy atom. The van der Waals surface area contributed by atoms with Crippen LogP contribution in [0, 0.1) is 6.92 Å². The maximum atomic E-state index is 12.6. The number of rotatable bonds is 40. The Hall–Kier alpha value is -5.02. The van der Waals surface area contributed by atoms with E-state index in [0.29, 0.717) is 68.3 Å². The van der Waals surface area contributed by atoms with Crippen LogP contribution >= 0.6 is 22.4 Å². The number of anilines is 2. The SMILES string of the molecule is CCCCCCCCCCNP(=O)(O)COC(C)Cn1cnc2c(=O)[nH]c(N)nc21.Cc1nc2c(ncn2CC(C)OCP(=O)(O)NCCCNCCCCCCCCCP(=O)(O)COC(C)Cn2cnc3c(=O)[nH]c(N)nc32)c(=O)[nH]1. The fraction of sp³-hybridized carbons (Fsp3) is 0.700. The molecule has 0 saturated carbocycles. The predicted molar refractivity (Wildman–Crippen MR) is 317 cm³/mol. The van der Waals surface area contributed by atoms with Gasteiger partial charge in [0.15, 0.2) is 33.5 Å². The Kier molecular flexibility index (Phi) is 28.2. The molecule has 6 aromatic heterocycles. The van der Waals surface area contributed by atoms with E-state index in [1.165, 1.54) is 51.1 Å². The second-order valence-electron chi connectivity index (χ2n) is 20.9. The van der Waals surface area contributed by atoms with E-state index in [1.807, 2.05) is 0 Å². The number of hydrogen-bond donors (Lipinski definition) is 11. The first kappa shape index (κ1) is 67.8. The number of fused-ring (bicyclic) bond motifs is 3. The summed E-state index contributed by atoms with van der Waals surface area (Å²) < 4.78 is 59.2. The van der Waals surface area contributed by atoms with Crippen molar-refractivity contribution in [3.63, 3.8) is 0 Å². The molecule has 13 N–H and O–H groups in total. The molecule has 0 aliphatic rings. The van der Waals surface area contributed by atoms with Crippen molar-refractivity contribution in [2.24, 2.45) is 0 Å². The summed E-state index contributed by atoms with van der Waals surface area (Å²) in [7, 11) is -10.6. The number of nitrogens with zero attached hydrogens (tertiary/aromatic N) is 9.